The van der Waals surface area contributed by atoms with Crippen LogP contribution in [-0.4, -0.2) is 16.5 Å². The van der Waals surface area contributed by atoms with E-state index < -0.39 is 0 Å². The van der Waals surface area contributed by atoms with Crippen LogP contribution < -0.4 is 10.6 Å². The molecule has 2 N–H and O–H groups in total. The van der Waals surface area contributed by atoms with Gasteiger partial charge in [0.25, 0.3) is 0 Å². The Labute approximate surface area is 127 Å². The first kappa shape index (κ1) is 15.3. The molecule has 1 aromatic carbocycles. The first-order valence-corrected chi connectivity index (χ1v) is 7.55. The number of hydrogen-bond donors (Lipinski definition) is 2. The highest BCUT2D eigenvalue weighted by atomic mass is 15.1. The molecule has 0 aliphatic carbocycles. The van der Waals surface area contributed by atoms with Crippen molar-refractivity contribution in [2.75, 3.05) is 17.2 Å². The maximum absolute atomic E-state index is 4.60. The fourth-order valence-electron chi connectivity index (χ4n) is 1.92. The van der Waals surface area contributed by atoms with Gasteiger partial charge in [-0.25, -0.2) is 9.97 Å². The van der Waals surface area contributed by atoms with Crippen LogP contribution in [0.15, 0.2) is 30.3 Å². The van der Waals surface area contributed by atoms with E-state index in [2.05, 4.69) is 72.6 Å². The minimum atomic E-state index is 0.298. The second-order valence-corrected chi connectivity index (χ2v) is 5.57. The molecule has 0 unspecified atom stereocenters. The molecule has 2 aromatic rings. The fourth-order valence-corrected chi connectivity index (χ4v) is 1.92. The maximum atomic E-state index is 4.60. The molecule has 0 saturated heterocycles. The second-order valence-electron chi connectivity index (χ2n) is 5.57. The molecule has 1 heterocycles. The van der Waals surface area contributed by atoms with E-state index in [1.165, 1.54) is 5.56 Å². The summed E-state index contributed by atoms with van der Waals surface area (Å²) in [6, 6.07) is 10.3. The van der Waals surface area contributed by atoms with Crippen LogP contribution >= 0.6 is 0 Å². The lowest BCUT2D eigenvalue weighted by Crippen LogP contribution is -2.08. The number of anilines is 3. The summed E-state index contributed by atoms with van der Waals surface area (Å²) in [4.78, 5) is 9.16. The van der Waals surface area contributed by atoms with Crippen LogP contribution in [0.3, 0.4) is 0 Å². The van der Waals surface area contributed by atoms with E-state index >= 15 is 0 Å². The highest BCUT2D eigenvalue weighted by Gasteiger charge is 2.08. The van der Waals surface area contributed by atoms with Crippen molar-refractivity contribution >= 4 is 17.3 Å². The van der Waals surface area contributed by atoms with Crippen LogP contribution in [0, 0.1) is 6.92 Å². The monoisotopic (exact) mass is 284 g/mol. The van der Waals surface area contributed by atoms with Crippen LogP contribution in [0.1, 0.15) is 44.5 Å². The molecule has 0 radical (unpaired) electrons. The Bertz CT molecular complexity index is 576. The minimum Gasteiger partial charge on any atom is -0.370 e. The molecule has 4 heteroatoms. The Morgan fingerprint density at radius 2 is 1.71 bits per heavy atom. The summed E-state index contributed by atoms with van der Waals surface area (Å²) in [7, 11) is 0. The van der Waals surface area contributed by atoms with Crippen molar-refractivity contribution in [2.45, 2.75) is 40.0 Å². The third-order valence-electron chi connectivity index (χ3n) is 3.14. The number of rotatable bonds is 6. The Balaban J connectivity index is 2.24. The molecule has 21 heavy (non-hydrogen) atoms. The summed E-state index contributed by atoms with van der Waals surface area (Å²) in [6.45, 7) is 9.35. The molecule has 4 nitrogen and oxygen atoms in total. The van der Waals surface area contributed by atoms with Gasteiger partial charge in [0.05, 0.1) is 0 Å². The fraction of sp³-hybridized carbons (Fsp3) is 0.412. The van der Waals surface area contributed by atoms with Gasteiger partial charge in [0.2, 0.25) is 0 Å². The molecule has 2 rings (SSSR count). The first-order chi connectivity index (χ1) is 10.1. The summed E-state index contributed by atoms with van der Waals surface area (Å²) in [5.41, 5.74) is 2.28. The number of benzene rings is 1. The third kappa shape index (κ3) is 4.45. The third-order valence-corrected chi connectivity index (χ3v) is 3.14. The van der Waals surface area contributed by atoms with Crippen LogP contribution in [0.2, 0.25) is 0 Å². The van der Waals surface area contributed by atoms with E-state index in [1.54, 1.807) is 0 Å². The van der Waals surface area contributed by atoms with Crippen molar-refractivity contribution in [2.24, 2.45) is 0 Å². The summed E-state index contributed by atoms with van der Waals surface area (Å²) < 4.78 is 0. The normalized spacial score (nSPS) is 10.7. The van der Waals surface area contributed by atoms with Gasteiger partial charge >= 0.3 is 0 Å². The topological polar surface area (TPSA) is 49.8 Å². The van der Waals surface area contributed by atoms with Gasteiger partial charge in [-0.2, -0.15) is 0 Å². The largest absolute Gasteiger partial charge is 0.370 e. The predicted molar refractivity (Wildman–Crippen MR) is 89.4 cm³/mol. The molecule has 1 aromatic heterocycles. The maximum Gasteiger partial charge on any atom is 0.136 e. The molecule has 0 atom stereocenters. The predicted octanol–water partition coefficient (Wildman–Crippen LogP) is 4.47. The van der Waals surface area contributed by atoms with Crippen molar-refractivity contribution < 1.29 is 0 Å². The van der Waals surface area contributed by atoms with Gasteiger partial charge in [-0.3, -0.25) is 0 Å². The lowest BCUT2D eigenvalue weighted by Gasteiger charge is -2.12. The van der Waals surface area contributed by atoms with E-state index in [0.29, 0.717) is 5.92 Å². The molecule has 0 saturated carbocycles. The number of nitrogens with zero attached hydrogens (tertiary/aromatic N) is 2. The van der Waals surface area contributed by atoms with Crippen LogP contribution in [0.5, 0.6) is 0 Å². The summed E-state index contributed by atoms with van der Waals surface area (Å²) >= 11 is 0. The highest BCUT2D eigenvalue weighted by Crippen LogP contribution is 2.20. The molecule has 0 fully saturated rings. The van der Waals surface area contributed by atoms with Gasteiger partial charge in [0.15, 0.2) is 0 Å². The number of aryl methyl sites for hydroxylation is 1. The van der Waals surface area contributed by atoms with E-state index in [-0.39, 0.29) is 0 Å². The molecular weight excluding hydrogens is 260 g/mol. The van der Waals surface area contributed by atoms with Crippen molar-refractivity contribution in [3.63, 3.8) is 0 Å². The zero-order valence-corrected chi connectivity index (χ0v) is 13.3. The van der Waals surface area contributed by atoms with Crippen molar-refractivity contribution in [3.05, 3.63) is 41.7 Å². The van der Waals surface area contributed by atoms with E-state index in [0.717, 1.165) is 36.1 Å². The van der Waals surface area contributed by atoms with Gasteiger partial charge in [-0.05, 0) is 25.5 Å². The smallest absolute Gasteiger partial charge is 0.136 e. The van der Waals surface area contributed by atoms with Crippen LogP contribution in [0.25, 0.3) is 0 Å². The second kappa shape index (κ2) is 7.07. The average Bonchev–Trinajstić information content (AvgIpc) is 2.47. The molecular formula is C17H24N4. The SMILES string of the molecule is CCCNc1cc(Nc2ccc(C)cc2)nc(C(C)C)n1. The molecule has 0 spiro atoms. The molecule has 0 aliphatic heterocycles. The Morgan fingerprint density at radius 1 is 1.05 bits per heavy atom. The molecule has 112 valence electrons. The highest BCUT2D eigenvalue weighted by molar-refractivity contribution is 5.59. The van der Waals surface area contributed by atoms with Gasteiger partial charge in [-0.1, -0.05) is 38.5 Å². The molecule has 0 aliphatic rings. The number of aromatic nitrogens is 2. The van der Waals surface area contributed by atoms with Crippen LogP contribution in [-0.2, 0) is 0 Å². The lowest BCUT2D eigenvalue weighted by molar-refractivity contribution is 0.775. The zero-order valence-electron chi connectivity index (χ0n) is 13.3. The summed E-state index contributed by atoms with van der Waals surface area (Å²) in [5, 5.41) is 6.69. The van der Waals surface area contributed by atoms with E-state index in [9.17, 15) is 0 Å². The number of nitrogens with one attached hydrogen (secondary N) is 2. The Morgan fingerprint density at radius 3 is 2.33 bits per heavy atom. The Hall–Kier alpha value is -2.10. The standard InChI is InChI=1S/C17H24N4/c1-5-10-18-15-11-16(21-17(20-15)12(2)3)19-14-8-6-13(4)7-9-14/h6-9,11-12H,5,10H2,1-4H3,(H2,18,19,20,21). The Kier molecular flexibility index (Phi) is 5.14. The molecule has 0 amide bonds. The average molecular weight is 284 g/mol. The quantitative estimate of drug-likeness (QED) is 0.821. The first-order valence-electron chi connectivity index (χ1n) is 7.55. The van der Waals surface area contributed by atoms with Crippen molar-refractivity contribution in [3.8, 4) is 0 Å². The molecule has 0 bridgehead atoms. The minimum absolute atomic E-state index is 0.298. The van der Waals surface area contributed by atoms with Gasteiger partial charge < -0.3 is 10.6 Å². The van der Waals surface area contributed by atoms with Crippen molar-refractivity contribution in [1.82, 2.24) is 9.97 Å². The summed E-state index contributed by atoms with van der Waals surface area (Å²) in [5.74, 6) is 2.86. The number of hydrogen-bond acceptors (Lipinski definition) is 4. The van der Waals surface area contributed by atoms with E-state index in [1.807, 2.05) is 6.07 Å². The van der Waals surface area contributed by atoms with Crippen molar-refractivity contribution in [1.29, 1.82) is 0 Å². The van der Waals surface area contributed by atoms with Crippen LogP contribution in [0.4, 0.5) is 17.3 Å². The zero-order chi connectivity index (χ0) is 15.2. The van der Waals surface area contributed by atoms with Gasteiger partial charge in [0, 0.05) is 24.2 Å². The summed E-state index contributed by atoms with van der Waals surface area (Å²) in [6.07, 6.45) is 1.07. The lowest BCUT2D eigenvalue weighted by atomic mass is 10.2. The van der Waals surface area contributed by atoms with E-state index in [4.69, 9.17) is 0 Å². The van der Waals surface area contributed by atoms with Gasteiger partial charge in [0.1, 0.15) is 17.5 Å². The van der Waals surface area contributed by atoms with Gasteiger partial charge in [-0.15, -0.1) is 0 Å².